The number of hydrogen-bond donors (Lipinski definition) is 0. The first-order chi connectivity index (χ1) is 12.5. The van der Waals surface area contributed by atoms with Gasteiger partial charge in [0.25, 0.3) is 5.91 Å². The summed E-state index contributed by atoms with van der Waals surface area (Å²) in [6.07, 6.45) is 7.10. The van der Waals surface area contributed by atoms with Crippen molar-refractivity contribution in [2.24, 2.45) is 0 Å². The second kappa shape index (κ2) is 8.35. The summed E-state index contributed by atoms with van der Waals surface area (Å²) in [7, 11) is 1.37. The van der Waals surface area contributed by atoms with Gasteiger partial charge in [0.2, 0.25) is 0 Å². The summed E-state index contributed by atoms with van der Waals surface area (Å²) in [5, 5.41) is 0. The Morgan fingerprint density at radius 1 is 1.27 bits per heavy atom. The monoisotopic (exact) mass is 399 g/mol. The fourth-order valence-electron chi connectivity index (χ4n) is 3.25. The van der Waals surface area contributed by atoms with Crippen LogP contribution in [0.3, 0.4) is 0 Å². The lowest BCUT2D eigenvalue weighted by Crippen LogP contribution is -2.39. The zero-order chi connectivity index (χ0) is 18.7. The molecule has 0 atom stereocenters. The third-order valence-electron chi connectivity index (χ3n) is 4.46. The maximum atomic E-state index is 12.8. The third kappa shape index (κ3) is 4.17. The molecule has 4 nitrogen and oxygen atoms in total. The predicted molar refractivity (Wildman–Crippen MR) is 102 cm³/mol. The van der Waals surface area contributed by atoms with Crippen LogP contribution in [-0.2, 0) is 4.79 Å². The number of carbonyl (C=O) groups is 1. The Morgan fingerprint density at radius 2 is 2.00 bits per heavy atom. The molecule has 0 N–H and O–H groups in total. The molecule has 1 heterocycles. The zero-order valence-electron chi connectivity index (χ0n) is 14.2. The van der Waals surface area contributed by atoms with E-state index < -0.39 is 6.61 Å². The Kier molecular flexibility index (Phi) is 6.13. The number of thiocarbonyl (C=S) groups is 1. The minimum atomic E-state index is -2.93. The predicted octanol–water partition coefficient (Wildman–Crippen LogP) is 4.83. The zero-order valence-corrected chi connectivity index (χ0v) is 15.9. The summed E-state index contributed by atoms with van der Waals surface area (Å²) < 4.78 is 34.9. The van der Waals surface area contributed by atoms with E-state index in [9.17, 15) is 13.6 Å². The molecule has 0 spiro atoms. The van der Waals surface area contributed by atoms with Crippen molar-refractivity contribution in [3.8, 4) is 11.5 Å². The van der Waals surface area contributed by atoms with E-state index in [-0.39, 0.29) is 23.4 Å². The number of carbonyl (C=O) groups excluding carboxylic acids is 1. The van der Waals surface area contributed by atoms with Crippen LogP contribution in [0.5, 0.6) is 11.5 Å². The van der Waals surface area contributed by atoms with Crippen LogP contribution in [0.2, 0.25) is 0 Å². The smallest absolute Gasteiger partial charge is 0.387 e. The molecular weight excluding hydrogens is 380 g/mol. The number of thioether (sulfide) groups is 1. The topological polar surface area (TPSA) is 38.8 Å². The van der Waals surface area contributed by atoms with Crippen LogP contribution in [0.15, 0.2) is 23.1 Å². The van der Waals surface area contributed by atoms with Crippen molar-refractivity contribution in [3.05, 3.63) is 28.7 Å². The first-order valence-electron chi connectivity index (χ1n) is 8.39. The van der Waals surface area contributed by atoms with E-state index in [1.54, 1.807) is 23.1 Å². The van der Waals surface area contributed by atoms with Crippen molar-refractivity contribution in [2.45, 2.75) is 44.8 Å². The highest BCUT2D eigenvalue weighted by molar-refractivity contribution is 8.26. The SMILES string of the molecule is COc1cc(/C=C2/SC(=S)N(C3CCCCC3)C2=O)ccc1OC(F)F. The van der Waals surface area contributed by atoms with Crippen LogP contribution in [0.1, 0.15) is 37.7 Å². The van der Waals surface area contributed by atoms with Crippen LogP contribution in [0.25, 0.3) is 6.08 Å². The van der Waals surface area contributed by atoms with Crippen molar-refractivity contribution >= 4 is 40.3 Å². The molecule has 0 unspecified atom stereocenters. The largest absolute Gasteiger partial charge is 0.493 e. The molecule has 2 aliphatic rings. The number of hydrogen-bond acceptors (Lipinski definition) is 5. The van der Waals surface area contributed by atoms with E-state index in [1.807, 2.05) is 0 Å². The molecule has 1 aliphatic heterocycles. The van der Waals surface area contributed by atoms with Crippen molar-refractivity contribution in [2.75, 3.05) is 7.11 Å². The number of amides is 1. The van der Waals surface area contributed by atoms with Gasteiger partial charge in [0, 0.05) is 6.04 Å². The normalized spacial score (nSPS) is 20.3. The molecule has 1 amide bonds. The van der Waals surface area contributed by atoms with Crippen LogP contribution in [-0.4, -0.2) is 34.9 Å². The molecule has 8 heteroatoms. The number of rotatable bonds is 5. The van der Waals surface area contributed by atoms with Gasteiger partial charge in [-0.05, 0) is 36.6 Å². The lowest BCUT2D eigenvalue weighted by atomic mass is 9.94. The van der Waals surface area contributed by atoms with Gasteiger partial charge in [-0.15, -0.1) is 0 Å². The fourth-order valence-corrected chi connectivity index (χ4v) is 4.65. The Balaban J connectivity index is 1.81. The Morgan fingerprint density at radius 3 is 2.65 bits per heavy atom. The lowest BCUT2D eigenvalue weighted by Gasteiger charge is -2.29. The first-order valence-corrected chi connectivity index (χ1v) is 9.62. The molecule has 2 fully saturated rings. The van der Waals surface area contributed by atoms with Crippen molar-refractivity contribution in [1.82, 2.24) is 4.90 Å². The highest BCUT2D eigenvalue weighted by atomic mass is 32.2. The first kappa shape index (κ1) is 19.1. The minimum absolute atomic E-state index is 0.0468. The third-order valence-corrected chi connectivity index (χ3v) is 5.80. The van der Waals surface area contributed by atoms with E-state index in [0.29, 0.717) is 14.8 Å². The van der Waals surface area contributed by atoms with Crippen molar-refractivity contribution in [3.63, 3.8) is 0 Å². The maximum Gasteiger partial charge on any atom is 0.387 e. The van der Waals surface area contributed by atoms with Crippen LogP contribution < -0.4 is 9.47 Å². The van der Waals surface area contributed by atoms with Gasteiger partial charge in [0.15, 0.2) is 11.5 Å². The van der Waals surface area contributed by atoms with Gasteiger partial charge >= 0.3 is 6.61 Å². The highest BCUT2D eigenvalue weighted by Crippen LogP contribution is 2.38. The van der Waals surface area contributed by atoms with E-state index in [1.165, 1.54) is 31.4 Å². The number of ether oxygens (including phenoxy) is 2. The Hall–Kier alpha value is -1.67. The summed E-state index contributed by atoms with van der Waals surface area (Å²) in [5.41, 5.74) is 0.660. The molecule has 0 radical (unpaired) electrons. The Labute approximate surface area is 160 Å². The van der Waals surface area contributed by atoms with Crippen molar-refractivity contribution < 1.29 is 23.0 Å². The van der Waals surface area contributed by atoms with Crippen LogP contribution in [0, 0.1) is 0 Å². The van der Waals surface area contributed by atoms with Crippen molar-refractivity contribution in [1.29, 1.82) is 0 Å². The molecule has 3 rings (SSSR count). The van der Waals surface area contributed by atoms with E-state index in [4.69, 9.17) is 17.0 Å². The standard InChI is InChI=1S/C18H19F2NO3S2/c1-23-14-9-11(7-8-13(14)24-17(19)20)10-15-16(22)21(18(25)26-15)12-5-3-2-4-6-12/h7-10,12,17H,2-6H2,1H3/b15-10+. The molecule has 26 heavy (non-hydrogen) atoms. The van der Waals surface area contributed by atoms with Gasteiger partial charge in [0.1, 0.15) is 4.32 Å². The molecule has 1 aromatic rings. The summed E-state index contributed by atoms with van der Waals surface area (Å²) in [5.74, 6) is 0.0509. The van der Waals surface area contributed by atoms with Crippen LogP contribution in [0.4, 0.5) is 8.78 Å². The van der Waals surface area contributed by atoms with Gasteiger partial charge in [-0.1, -0.05) is 49.3 Å². The number of methoxy groups -OCH3 is 1. The summed E-state index contributed by atoms with van der Waals surface area (Å²) in [6, 6.07) is 4.75. The fraction of sp³-hybridized carbons (Fsp3) is 0.444. The second-order valence-corrected chi connectivity index (χ2v) is 7.81. The second-order valence-electron chi connectivity index (χ2n) is 6.13. The summed E-state index contributed by atoms with van der Waals surface area (Å²) in [4.78, 5) is 15.0. The average Bonchev–Trinajstić information content (AvgIpc) is 2.90. The number of nitrogens with zero attached hydrogens (tertiary/aromatic N) is 1. The van der Waals surface area contributed by atoms with Gasteiger partial charge in [-0.25, -0.2) is 0 Å². The van der Waals surface area contributed by atoms with Gasteiger partial charge < -0.3 is 9.47 Å². The molecule has 140 valence electrons. The van der Waals surface area contributed by atoms with Crippen LogP contribution >= 0.6 is 24.0 Å². The molecule has 1 aliphatic carbocycles. The molecule has 1 saturated heterocycles. The molecule has 0 bridgehead atoms. The molecular formula is C18H19F2NO3S2. The van der Waals surface area contributed by atoms with E-state index in [2.05, 4.69) is 4.74 Å². The van der Waals surface area contributed by atoms with Gasteiger partial charge in [0.05, 0.1) is 12.0 Å². The average molecular weight is 399 g/mol. The number of alkyl halides is 2. The van der Waals surface area contributed by atoms with Gasteiger partial charge in [-0.3, -0.25) is 9.69 Å². The molecule has 0 aromatic heterocycles. The minimum Gasteiger partial charge on any atom is -0.493 e. The Bertz CT molecular complexity index is 733. The van der Waals surface area contributed by atoms with E-state index in [0.717, 1.165) is 25.7 Å². The number of halogens is 2. The highest BCUT2D eigenvalue weighted by Gasteiger charge is 2.37. The number of benzene rings is 1. The lowest BCUT2D eigenvalue weighted by molar-refractivity contribution is -0.124. The summed E-state index contributed by atoms with van der Waals surface area (Å²) in [6.45, 7) is -2.93. The summed E-state index contributed by atoms with van der Waals surface area (Å²) >= 11 is 6.68. The quantitative estimate of drug-likeness (QED) is 0.524. The van der Waals surface area contributed by atoms with Gasteiger partial charge in [-0.2, -0.15) is 8.78 Å². The maximum absolute atomic E-state index is 12.8. The molecule has 1 aromatic carbocycles. The van der Waals surface area contributed by atoms with E-state index >= 15 is 0 Å². The molecule has 1 saturated carbocycles.